The fourth-order valence-corrected chi connectivity index (χ4v) is 4.21. The number of rotatable bonds is 3. The number of nitrogens with one attached hydrogen (secondary N) is 1. The van der Waals surface area contributed by atoms with Crippen molar-refractivity contribution in [3.05, 3.63) is 101 Å². The lowest BCUT2D eigenvalue weighted by atomic mass is 9.92. The highest BCUT2D eigenvalue weighted by Gasteiger charge is 2.31. The minimum Gasteiger partial charge on any atom is -0.357 e. The molecule has 5 rings (SSSR count). The monoisotopic (exact) mass is 357 g/mol. The van der Waals surface area contributed by atoms with E-state index in [1.54, 1.807) is 18.3 Å². The Labute approximate surface area is 157 Å². The molecule has 1 atom stereocenters. The molecule has 4 aromatic rings. The molecule has 0 amide bonds. The van der Waals surface area contributed by atoms with E-state index in [0.717, 1.165) is 30.6 Å². The molecule has 27 heavy (non-hydrogen) atoms. The van der Waals surface area contributed by atoms with Gasteiger partial charge in [0.1, 0.15) is 5.82 Å². The molecule has 2 aromatic heterocycles. The van der Waals surface area contributed by atoms with Crippen LogP contribution in [0, 0.1) is 5.82 Å². The van der Waals surface area contributed by atoms with Gasteiger partial charge in [-0.25, -0.2) is 4.39 Å². The third-order valence-electron chi connectivity index (χ3n) is 5.43. The molecule has 0 unspecified atom stereocenters. The third-order valence-corrected chi connectivity index (χ3v) is 5.43. The zero-order valence-corrected chi connectivity index (χ0v) is 14.9. The molecular formula is C23H20FN3. The number of hydrogen-bond acceptors (Lipinski definition) is 2. The van der Waals surface area contributed by atoms with Crippen molar-refractivity contribution in [1.29, 1.82) is 0 Å². The minimum absolute atomic E-state index is 0.0713. The second-order valence-electron chi connectivity index (χ2n) is 7.10. The summed E-state index contributed by atoms with van der Waals surface area (Å²) in [7, 11) is 0. The number of H-pyrrole nitrogens is 1. The number of hydrogen-bond donors (Lipinski definition) is 1. The molecule has 1 aliphatic rings. The maximum absolute atomic E-state index is 13.5. The van der Waals surface area contributed by atoms with Crippen LogP contribution in [-0.2, 0) is 13.0 Å². The number of halogens is 1. The first kappa shape index (κ1) is 16.2. The third kappa shape index (κ3) is 2.92. The van der Waals surface area contributed by atoms with Crippen LogP contribution in [0.3, 0.4) is 0 Å². The van der Waals surface area contributed by atoms with Crippen molar-refractivity contribution in [1.82, 2.24) is 14.9 Å². The molecule has 3 nitrogen and oxygen atoms in total. The molecule has 0 aliphatic carbocycles. The van der Waals surface area contributed by atoms with E-state index in [9.17, 15) is 4.39 Å². The molecule has 0 fully saturated rings. The van der Waals surface area contributed by atoms with Crippen molar-refractivity contribution in [2.75, 3.05) is 6.54 Å². The predicted molar refractivity (Wildman–Crippen MR) is 105 cm³/mol. The SMILES string of the molecule is Fc1ccc([C@H]2c3[nH]c4ccccc4c3CCN2Cc2cccnc2)cc1. The lowest BCUT2D eigenvalue weighted by Crippen LogP contribution is -2.35. The number of aromatic nitrogens is 2. The molecule has 1 N–H and O–H groups in total. The Bertz CT molecular complexity index is 1070. The Morgan fingerprint density at radius 1 is 1.04 bits per heavy atom. The van der Waals surface area contributed by atoms with Gasteiger partial charge in [0, 0.05) is 42.1 Å². The Morgan fingerprint density at radius 2 is 1.89 bits per heavy atom. The van der Waals surface area contributed by atoms with E-state index in [-0.39, 0.29) is 11.9 Å². The second-order valence-corrected chi connectivity index (χ2v) is 7.10. The molecule has 4 heteroatoms. The number of nitrogens with zero attached hydrogens (tertiary/aromatic N) is 2. The van der Waals surface area contributed by atoms with Gasteiger partial charge in [0.15, 0.2) is 0 Å². The average Bonchev–Trinajstić information content (AvgIpc) is 3.08. The van der Waals surface area contributed by atoms with Crippen molar-refractivity contribution in [2.24, 2.45) is 0 Å². The minimum atomic E-state index is -0.203. The number of aromatic amines is 1. The Balaban J connectivity index is 1.62. The summed E-state index contributed by atoms with van der Waals surface area (Å²) in [6, 6.07) is 19.5. The van der Waals surface area contributed by atoms with Gasteiger partial charge in [-0.3, -0.25) is 9.88 Å². The van der Waals surface area contributed by atoms with Crippen LogP contribution in [0.15, 0.2) is 73.1 Å². The Hall–Kier alpha value is -2.98. The average molecular weight is 357 g/mol. The first-order chi connectivity index (χ1) is 13.3. The van der Waals surface area contributed by atoms with Crippen LogP contribution in [0.2, 0.25) is 0 Å². The van der Waals surface area contributed by atoms with E-state index in [0.29, 0.717) is 0 Å². The van der Waals surface area contributed by atoms with Gasteiger partial charge in [0.25, 0.3) is 0 Å². The molecule has 0 spiro atoms. The second kappa shape index (κ2) is 6.63. The topological polar surface area (TPSA) is 31.9 Å². The summed E-state index contributed by atoms with van der Waals surface area (Å²) in [5.41, 5.74) is 6.05. The zero-order valence-electron chi connectivity index (χ0n) is 14.9. The van der Waals surface area contributed by atoms with Crippen molar-refractivity contribution in [2.45, 2.75) is 19.0 Å². The van der Waals surface area contributed by atoms with Crippen LogP contribution in [0.5, 0.6) is 0 Å². The van der Waals surface area contributed by atoms with Gasteiger partial charge in [-0.1, -0.05) is 36.4 Å². The Kier molecular flexibility index (Phi) is 3.98. The van der Waals surface area contributed by atoms with E-state index in [4.69, 9.17) is 0 Å². The summed E-state index contributed by atoms with van der Waals surface area (Å²) in [5, 5.41) is 1.29. The van der Waals surface area contributed by atoms with Gasteiger partial charge >= 0.3 is 0 Å². The molecule has 0 bridgehead atoms. The molecule has 0 saturated heterocycles. The fourth-order valence-electron chi connectivity index (χ4n) is 4.21. The van der Waals surface area contributed by atoms with E-state index in [1.807, 2.05) is 24.4 Å². The first-order valence-corrected chi connectivity index (χ1v) is 9.27. The van der Waals surface area contributed by atoms with Crippen LogP contribution in [0.25, 0.3) is 10.9 Å². The van der Waals surface area contributed by atoms with Gasteiger partial charge in [0.2, 0.25) is 0 Å². The Morgan fingerprint density at radius 3 is 2.70 bits per heavy atom. The van der Waals surface area contributed by atoms with Crippen molar-refractivity contribution in [3.63, 3.8) is 0 Å². The maximum atomic E-state index is 13.5. The highest BCUT2D eigenvalue weighted by atomic mass is 19.1. The maximum Gasteiger partial charge on any atom is 0.123 e. The van der Waals surface area contributed by atoms with Crippen molar-refractivity contribution in [3.8, 4) is 0 Å². The van der Waals surface area contributed by atoms with E-state index < -0.39 is 0 Å². The summed E-state index contributed by atoms with van der Waals surface area (Å²) in [5.74, 6) is -0.203. The molecular weight excluding hydrogens is 337 g/mol. The van der Waals surface area contributed by atoms with Crippen LogP contribution in [0.4, 0.5) is 4.39 Å². The van der Waals surface area contributed by atoms with Crippen LogP contribution < -0.4 is 0 Å². The molecule has 2 aromatic carbocycles. The van der Waals surface area contributed by atoms with Crippen LogP contribution >= 0.6 is 0 Å². The largest absolute Gasteiger partial charge is 0.357 e. The van der Waals surface area contributed by atoms with Crippen LogP contribution in [0.1, 0.15) is 28.4 Å². The summed E-state index contributed by atoms with van der Waals surface area (Å²) in [6.07, 6.45) is 4.71. The number of pyridine rings is 1. The highest BCUT2D eigenvalue weighted by molar-refractivity contribution is 5.85. The fraction of sp³-hybridized carbons (Fsp3) is 0.174. The lowest BCUT2D eigenvalue weighted by molar-refractivity contribution is 0.201. The van der Waals surface area contributed by atoms with Gasteiger partial charge in [-0.15, -0.1) is 0 Å². The van der Waals surface area contributed by atoms with Gasteiger partial charge in [-0.05, 0) is 47.4 Å². The molecule has 1 aliphatic heterocycles. The number of fused-ring (bicyclic) bond motifs is 3. The highest BCUT2D eigenvalue weighted by Crippen LogP contribution is 2.39. The van der Waals surface area contributed by atoms with E-state index in [1.165, 1.54) is 22.2 Å². The van der Waals surface area contributed by atoms with Gasteiger partial charge in [0.05, 0.1) is 6.04 Å². The first-order valence-electron chi connectivity index (χ1n) is 9.27. The van der Waals surface area contributed by atoms with Crippen LogP contribution in [-0.4, -0.2) is 21.4 Å². The summed E-state index contributed by atoms with van der Waals surface area (Å²) < 4.78 is 13.5. The van der Waals surface area contributed by atoms with Gasteiger partial charge < -0.3 is 4.98 Å². The van der Waals surface area contributed by atoms with E-state index in [2.05, 4.69) is 45.2 Å². The summed E-state index contributed by atoms with van der Waals surface area (Å²) >= 11 is 0. The quantitative estimate of drug-likeness (QED) is 0.568. The molecule has 134 valence electrons. The number of benzene rings is 2. The molecule has 0 saturated carbocycles. The normalized spacial score (nSPS) is 17.1. The van der Waals surface area contributed by atoms with Crippen molar-refractivity contribution < 1.29 is 4.39 Å². The molecule has 0 radical (unpaired) electrons. The molecule has 3 heterocycles. The van der Waals surface area contributed by atoms with Crippen molar-refractivity contribution >= 4 is 10.9 Å². The standard InChI is InChI=1S/C23H20FN3/c24-18-9-7-17(8-10-18)23-22-20(19-5-1-2-6-21(19)26-22)11-13-27(23)15-16-4-3-12-25-14-16/h1-10,12,14,23,26H,11,13,15H2/t23-/m0/s1. The van der Waals surface area contributed by atoms with E-state index >= 15 is 0 Å². The zero-order chi connectivity index (χ0) is 18.2. The smallest absolute Gasteiger partial charge is 0.123 e. The lowest BCUT2D eigenvalue weighted by Gasteiger charge is -2.36. The van der Waals surface area contributed by atoms with Gasteiger partial charge in [-0.2, -0.15) is 0 Å². The number of para-hydroxylation sites is 1. The predicted octanol–water partition coefficient (Wildman–Crippen LogP) is 4.85. The summed E-state index contributed by atoms with van der Waals surface area (Å²) in [6.45, 7) is 1.76. The summed E-state index contributed by atoms with van der Waals surface area (Å²) in [4.78, 5) is 10.3.